The Morgan fingerprint density at radius 1 is 1.46 bits per heavy atom. The molecule has 0 amide bonds. The highest BCUT2D eigenvalue weighted by molar-refractivity contribution is 6.33. The quantitative estimate of drug-likeness (QED) is 0.465. The Kier molecular flexibility index (Phi) is 1.85. The molecule has 0 aliphatic carbocycles. The summed E-state index contributed by atoms with van der Waals surface area (Å²) in [6.07, 6.45) is 0. The summed E-state index contributed by atoms with van der Waals surface area (Å²) in [5, 5.41) is 0.700. The molecule has 0 saturated carbocycles. The van der Waals surface area contributed by atoms with E-state index in [9.17, 15) is 4.79 Å². The minimum atomic E-state index is -0.196. The Labute approximate surface area is 80.2 Å². The van der Waals surface area contributed by atoms with Crippen molar-refractivity contribution in [3.8, 4) is 0 Å². The van der Waals surface area contributed by atoms with Crippen LogP contribution >= 0.6 is 11.6 Å². The molecule has 1 N–H and O–H groups in total. The standard InChI is InChI=1S/C8H6BClN2O/c9-4-1-2-6-5(3-4)7(13)12-8(10)11-6/h1-3H,9H2,(H,11,12,13). The summed E-state index contributed by atoms with van der Waals surface area (Å²) in [5.41, 5.74) is 1.46. The fraction of sp³-hybridized carbons (Fsp3) is 0. The van der Waals surface area contributed by atoms with Crippen LogP contribution in [0.15, 0.2) is 23.0 Å². The molecule has 0 fully saturated rings. The van der Waals surface area contributed by atoms with Crippen LogP contribution in [0.2, 0.25) is 5.28 Å². The van der Waals surface area contributed by atoms with Crippen LogP contribution in [0.1, 0.15) is 0 Å². The number of aromatic nitrogens is 2. The summed E-state index contributed by atoms with van der Waals surface area (Å²) in [5.74, 6) is 0. The third-order valence-electron chi connectivity index (χ3n) is 1.83. The van der Waals surface area contributed by atoms with E-state index in [1.807, 2.05) is 13.9 Å². The van der Waals surface area contributed by atoms with Crippen molar-refractivity contribution in [2.45, 2.75) is 0 Å². The molecule has 0 aliphatic heterocycles. The van der Waals surface area contributed by atoms with Gasteiger partial charge in [0, 0.05) is 0 Å². The van der Waals surface area contributed by atoms with E-state index in [0.717, 1.165) is 5.46 Å². The molecule has 0 radical (unpaired) electrons. The predicted octanol–water partition coefficient (Wildman–Crippen LogP) is -0.165. The van der Waals surface area contributed by atoms with Crippen LogP contribution < -0.4 is 11.0 Å². The molecule has 64 valence electrons. The topological polar surface area (TPSA) is 45.8 Å². The van der Waals surface area contributed by atoms with Crippen LogP contribution in [0.25, 0.3) is 10.9 Å². The van der Waals surface area contributed by atoms with Gasteiger partial charge < -0.3 is 0 Å². The Balaban J connectivity index is 2.95. The molecule has 0 aliphatic rings. The van der Waals surface area contributed by atoms with Crippen LogP contribution in [-0.2, 0) is 0 Å². The Morgan fingerprint density at radius 3 is 3.00 bits per heavy atom. The second kappa shape index (κ2) is 2.89. The minimum Gasteiger partial charge on any atom is -0.297 e. The number of rotatable bonds is 0. The van der Waals surface area contributed by atoms with E-state index in [2.05, 4.69) is 9.97 Å². The van der Waals surface area contributed by atoms with Crippen molar-refractivity contribution in [2.24, 2.45) is 0 Å². The lowest BCUT2D eigenvalue weighted by molar-refractivity contribution is 1.17. The third kappa shape index (κ3) is 1.45. The van der Waals surface area contributed by atoms with Crippen molar-refractivity contribution >= 4 is 35.8 Å². The van der Waals surface area contributed by atoms with Crippen LogP contribution in [0.5, 0.6) is 0 Å². The van der Waals surface area contributed by atoms with Crippen molar-refractivity contribution in [1.82, 2.24) is 9.97 Å². The van der Waals surface area contributed by atoms with E-state index in [-0.39, 0.29) is 10.8 Å². The second-order valence-electron chi connectivity index (χ2n) is 2.88. The molecule has 2 rings (SSSR count). The van der Waals surface area contributed by atoms with Gasteiger partial charge in [-0.15, -0.1) is 0 Å². The number of benzene rings is 1. The lowest BCUT2D eigenvalue weighted by Gasteiger charge is -1.97. The maximum atomic E-state index is 11.4. The molecule has 0 saturated heterocycles. The summed E-state index contributed by atoms with van der Waals surface area (Å²) in [4.78, 5) is 17.8. The van der Waals surface area contributed by atoms with Gasteiger partial charge in [-0.3, -0.25) is 9.78 Å². The number of hydrogen-bond donors (Lipinski definition) is 1. The zero-order chi connectivity index (χ0) is 9.42. The van der Waals surface area contributed by atoms with Gasteiger partial charge in [0.2, 0.25) is 5.28 Å². The van der Waals surface area contributed by atoms with Crippen molar-refractivity contribution < 1.29 is 0 Å². The van der Waals surface area contributed by atoms with Crippen LogP contribution in [0, 0.1) is 0 Å². The number of nitrogens with one attached hydrogen (secondary N) is 1. The van der Waals surface area contributed by atoms with Gasteiger partial charge in [0.25, 0.3) is 5.56 Å². The monoisotopic (exact) mass is 192 g/mol. The Hall–Kier alpha value is -1.29. The van der Waals surface area contributed by atoms with Gasteiger partial charge in [-0.1, -0.05) is 17.6 Å². The molecule has 0 atom stereocenters. The molecule has 1 aromatic heterocycles. The van der Waals surface area contributed by atoms with Crippen LogP contribution in [0.3, 0.4) is 0 Å². The molecule has 0 bridgehead atoms. The molecule has 1 aromatic carbocycles. The molecular formula is C8H6BClN2O. The van der Waals surface area contributed by atoms with E-state index < -0.39 is 0 Å². The third-order valence-corrected chi connectivity index (χ3v) is 2.01. The first-order valence-electron chi connectivity index (χ1n) is 3.83. The van der Waals surface area contributed by atoms with E-state index in [4.69, 9.17) is 11.6 Å². The zero-order valence-electron chi connectivity index (χ0n) is 6.97. The van der Waals surface area contributed by atoms with Gasteiger partial charge in [-0.25, -0.2) is 4.98 Å². The number of aromatic amines is 1. The molecule has 0 unspecified atom stereocenters. The number of halogens is 1. The van der Waals surface area contributed by atoms with Crippen molar-refractivity contribution in [3.63, 3.8) is 0 Å². The molecule has 0 spiro atoms. The summed E-state index contributed by atoms with van der Waals surface area (Å²) in [6.45, 7) is 0. The summed E-state index contributed by atoms with van der Waals surface area (Å²) >= 11 is 5.60. The zero-order valence-corrected chi connectivity index (χ0v) is 7.72. The molecule has 1 heterocycles. The average Bonchev–Trinajstić information content (AvgIpc) is 2.06. The molecule has 2 aromatic rings. The lowest BCUT2D eigenvalue weighted by atomic mass is 9.95. The van der Waals surface area contributed by atoms with E-state index in [1.165, 1.54) is 0 Å². The summed E-state index contributed by atoms with van der Waals surface area (Å²) in [7, 11) is 1.92. The molecule has 5 heteroatoms. The smallest absolute Gasteiger partial charge is 0.259 e. The van der Waals surface area contributed by atoms with E-state index in [0.29, 0.717) is 10.9 Å². The van der Waals surface area contributed by atoms with Gasteiger partial charge in [0.1, 0.15) is 7.85 Å². The molecular weight excluding hydrogens is 186 g/mol. The fourth-order valence-corrected chi connectivity index (χ4v) is 1.40. The lowest BCUT2D eigenvalue weighted by Crippen LogP contribution is -2.11. The molecule has 13 heavy (non-hydrogen) atoms. The molecule has 3 nitrogen and oxygen atoms in total. The van der Waals surface area contributed by atoms with Gasteiger partial charge in [-0.2, -0.15) is 0 Å². The highest BCUT2D eigenvalue weighted by Gasteiger charge is 2.01. The average molecular weight is 192 g/mol. The van der Waals surface area contributed by atoms with Crippen LogP contribution in [0.4, 0.5) is 0 Å². The van der Waals surface area contributed by atoms with E-state index in [1.54, 1.807) is 12.1 Å². The second-order valence-corrected chi connectivity index (χ2v) is 3.24. The Morgan fingerprint density at radius 2 is 2.23 bits per heavy atom. The summed E-state index contributed by atoms with van der Waals surface area (Å²) < 4.78 is 0. The highest BCUT2D eigenvalue weighted by atomic mass is 35.5. The van der Waals surface area contributed by atoms with Crippen LogP contribution in [-0.4, -0.2) is 17.8 Å². The number of H-pyrrole nitrogens is 1. The number of nitrogens with zero attached hydrogens (tertiary/aromatic N) is 1. The highest BCUT2D eigenvalue weighted by Crippen LogP contribution is 2.06. The first kappa shape index (κ1) is 8.32. The summed E-state index contributed by atoms with van der Waals surface area (Å²) in [6, 6.07) is 5.47. The van der Waals surface area contributed by atoms with Gasteiger partial charge >= 0.3 is 0 Å². The minimum absolute atomic E-state index is 0.126. The maximum Gasteiger partial charge on any atom is 0.259 e. The van der Waals surface area contributed by atoms with E-state index >= 15 is 0 Å². The SMILES string of the molecule is Bc1ccc2nc(Cl)[nH]c(=O)c2c1. The van der Waals surface area contributed by atoms with Gasteiger partial charge in [-0.05, 0) is 17.7 Å². The largest absolute Gasteiger partial charge is 0.297 e. The van der Waals surface area contributed by atoms with Crippen molar-refractivity contribution in [2.75, 3.05) is 0 Å². The fourth-order valence-electron chi connectivity index (χ4n) is 1.22. The van der Waals surface area contributed by atoms with Gasteiger partial charge in [0.15, 0.2) is 0 Å². The number of fused-ring (bicyclic) bond motifs is 1. The maximum absolute atomic E-state index is 11.4. The van der Waals surface area contributed by atoms with Crippen molar-refractivity contribution in [3.05, 3.63) is 33.8 Å². The Bertz CT molecular complexity index is 523. The predicted molar refractivity (Wildman–Crippen MR) is 55.6 cm³/mol. The van der Waals surface area contributed by atoms with Crippen molar-refractivity contribution in [1.29, 1.82) is 0 Å². The number of hydrogen-bond acceptors (Lipinski definition) is 2. The van der Waals surface area contributed by atoms with Gasteiger partial charge in [0.05, 0.1) is 10.9 Å². The normalized spacial score (nSPS) is 10.5. The first-order chi connectivity index (χ1) is 6.16. The first-order valence-corrected chi connectivity index (χ1v) is 4.21.